The Morgan fingerprint density at radius 3 is 2.12 bits per heavy atom. The maximum Gasteiger partial charge on any atom is 0.243 e. The molecule has 1 atom stereocenters. The number of hydrogen-bond donors (Lipinski definition) is 1. The molecule has 0 bridgehead atoms. The van der Waals surface area contributed by atoms with Gasteiger partial charge in [-0.05, 0) is 36.1 Å². The summed E-state index contributed by atoms with van der Waals surface area (Å²) in [5.41, 5.74) is 1.17. The van der Waals surface area contributed by atoms with Gasteiger partial charge in [0, 0.05) is 45.1 Å². The third-order valence-electron chi connectivity index (χ3n) is 6.57. The summed E-state index contributed by atoms with van der Waals surface area (Å²) in [6.07, 6.45) is 0.486. The van der Waals surface area contributed by atoms with Gasteiger partial charge in [-0.25, -0.2) is 17.1 Å². The Bertz CT molecular complexity index is 1350. The van der Waals surface area contributed by atoms with Crippen molar-refractivity contribution in [1.82, 2.24) is 14.5 Å². The third kappa shape index (κ3) is 8.72. The third-order valence-corrected chi connectivity index (χ3v) is 8.44. The Morgan fingerprint density at radius 1 is 0.900 bits per heavy atom. The molecule has 0 saturated carbocycles. The van der Waals surface area contributed by atoms with Gasteiger partial charge in [-0.1, -0.05) is 80.6 Å². The molecule has 0 radical (unpaired) electrons. The quantitative estimate of drug-likeness (QED) is 0.308. The van der Waals surface area contributed by atoms with Crippen LogP contribution in [-0.4, -0.2) is 55.6 Å². The Morgan fingerprint density at radius 2 is 1.50 bits per heavy atom. The lowest BCUT2D eigenvalue weighted by Crippen LogP contribution is -2.51. The highest BCUT2D eigenvalue weighted by molar-refractivity contribution is 7.89. The van der Waals surface area contributed by atoms with Crippen molar-refractivity contribution in [2.45, 2.75) is 50.6 Å². The van der Waals surface area contributed by atoms with Gasteiger partial charge < -0.3 is 10.2 Å². The van der Waals surface area contributed by atoms with Gasteiger partial charge in [0.2, 0.25) is 21.8 Å². The highest BCUT2D eigenvalue weighted by Gasteiger charge is 2.31. The first-order valence-corrected chi connectivity index (χ1v) is 14.9. The van der Waals surface area contributed by atoms with E-state index in [2.05, 4.69) is 5.32 Å². The van der Waals surface area contributed by atoms with Crippen molar-refractivity contribution in [3.8, 4) is 0 Å². The summed E-state index contributed by atoms with van der Waals surface area (Å²) in [4.78, 5) is 28.7. The first-order valence-electron chi connectivity index (χ1n) is 13.5. The molecule has 0 aliphatic heterocycles. The molecule has 0 saturated heterocycles. The number of benzene rings is 3. The number of hydrogen-bond acceptors (Lipinski definition) is 4. The molecule has 0 spiro atoms. The predicted molar refractivity (Wildman–Crippen MR) is 154 cm³/mol. The van der Waals surface area contributed by atoms with E-state index in [1.165, 1.54) is 34.5 Å². The van der Waals surface area contributed by atoms with Crippen LogP contribution in [0.4, 0.5) is 4.39 Å². The van der Waals surface area contributed by atoms with Crippen molar-refractivity contribution in [3.63, 3.8) is 0 Å². The highest BCUT2D eigenvalue weighted by Crippen LogP contribution is 2.19. The fourth-order valence-electron chi connectivity index (χ4n) is 4.28. The zero-order valence-corrected chi connectivity index (χ0v) is 24.1. The molecule has 0 unspecified atom stereocenters. The molecule has 9 heteroatoms. The van der Waals surface area contributed by atoms with Crippen LogP contribution < -0.4 is 5.32 Å². The van der Waals surface area contributed by atoms with Crippen LogP contribution in [-0.2, 0) is 32.6 Å². The van der Waals surface area contributed by atoms with Gasteiger partial charge in [-0.15, -0.1) is 0 Å². The second kappa shape index (κ2) is 14.7. The Hall–Kier alpha value is -3.56. The molecule has 40 heavy (non-hydrogen) atoms. The second-order valence-corrected chi connectivity index (χ2v) is 12.2. The van der Waals surface area contributed by atoms with Gasteiger partial charge in [0.15, 0.2) is 0 Å². The van der Waals surface area contributed by atoms with Crippen LogP contribution in [0.3, 0.4) is 0 Å². The molecule has 7 nitrogen and oxygen atoms in total. The standard InChI is InChI=1S/C31H38FN3O4S/c1-24(2)22-33-31(37)29(21-25-13-6-4-7-14-25)35(23-26-15-10-11-18-28(26)32)30(36)19-12-20-34(3)40(38,39)27-16-8-5-9-17-27/h4-11,13-18,24,29H,12,19-23H2,1-3H3,(H,33,37)/t29-/m1/s1. The van der Waals surface area contributed by atoms with E-state index in [0.717, 1.165) is 5.56 Å². The highest BCUT2D eigenvalue weighted by atomic mass is 32.2. The molecule has 2 amide bonds. The van der Waals surface area contributed by atoms with Crippen molar-refractivity contribution >= 4 is 21.8 Å². The van der Waals surface area contributed by atoms with Crippen LogP contribution in [0.2, 0.25) is 0 Å². The van der Waals surface area contributed by atoms with E-state index >= 15 is 0 Å². The fraction of sp³-hybridized carbons (Fsp3) is 0.355. The Labute approximate surface area is 237 Å². The average Bonchev–Trinajstić information content (AvgIpc) is 2.95. The van der Waals surface area contributed by atoms with Gasteiger partial charge >= 0.3 is 0 Å². The first-order chi connectivity index (χ1) is 19.1. The summed E-state index contributed by atoms with van der Waals surface area (Å²) in [7, 11) is -2.23. The summed E-state index contributed by atoms with van der Waals surface area (Å²) in [5, 5.41) is 2.94. The molecule has 0 aliphatic carbocycles. The molecule has 3 aromatic carbocycles. The fourth-order valence-corrected chi connectivity index (χ4v) is 5.51. The minimum atomic E-state index is -3.70. The van der Waals surface area contributed by atoms with Crippen LogP contribution in [0.15, 0.2) is 89.8 Å². The van der Waals surface area contributed by atoms with Gasteiger partial charge in [-0.3, -0.25) is 9.59 Å². The van der Waals surface area contributed by atoms with Crippen LogP contribution in [0.5, 0.6) is 0 Å². The molecule has 3 rings (SSSR count). The largest absolute Gasteiger partial charge is 0.354 e. The van der Waals surface area contributed by atoms with E-state index in [4.69, 9.17) is 0 Å². The first kappa shape index (κ1) is 31.0. The smallest absolute Gasteiger partial charge is 0.243 e. The van der Waals surface area contributed by atoms with E-state index in [-0.39, 0.29) is 55.0 Å². The van der Waals surface area contributed by atoms with E-state index in [9.17, 15) is 22.4 Å². The van der Waals surface area contributed by atoms with Crippen LogP contribution in [0, 0.1) is 11.7 Å². The van der Waals surface area contributed by atoms with Crippen LogP contribution in [0.1, 0.15) is 37.8 Å². The van der Waals surface area contributed by atoms with E-state index in [1.807, 2.05) is 44.2 Å². The minimum absolute atomic E-state index is 0.00808. The SMILES string of the molecule is CC(C)CNC(=O)[C@@H](Cc1ccccc1)N(Cc1ccccc1F)C(=O)CCCN(C)S(=O)(=O)c1ccccc1. The molecular formula is C31H38FN3O4S. The number of carbonyl (C=O) groups is 2. The topological polar surface area (TPSA) is 86.8 Å². The van der Waals surface area contributed by atoms with E-state index < -0.39 is 21.9 Å². The lowest BCUT2D eigenvalue weighted by molar-refractivity contribution is -0.141. The monoisotopic (exact) mass is 567 g/mol. The minimum Gasteiger partial charge on any atom is -0.354 e. The maximum atomic E-state index is 14.7. The maximum absolute atomic E-state index is 14.7. The molecule has 3 aromatic rings. The van der Waals surface area contributed by atoms with Gasteiger partial charge in [0.1, 0.15) is 11.9 Å². The number of amides is 2. The summed E-state index contributed by atoms with van der Waals surface area (Å²) in [6, 6.07) is 22.8. The van der Waals surface area contributed by atoms with E-state index in [1.54, 1.807) is 36.4 Å². The van der Waals surface area contributed by atoms with Crippen molar-refractivity contribution in [3.05, 3.63) is 102 Å². The molecule has 0 heterocycles. The van der Waals surface area contributed by atoms with E-state index in [0.29, 0.717) is 12.1 Å². The zero-order chi connectivity index (χ0) is 29.1. The number of halogens is 1. The second-order valence-electron chi connectivity index (χ2n) is 10.2. The van der Waals surface area contributed by atoms with Crippen molar-refractivity contribution in [1.29, 1.82) is 0 Å². The molecular weight excluding hydrogens is 529 g/mol. The molecule has 0 aliphatic rings. The molecule has 1 N–H and O–H groups in total. The summed E-state index contributed by atoms with van der Waals surface area (Å²) in [6.45, 7) is 4.42. The lowest BCUT2D eigenvalue weighted by atomic mass is 10.0. The lowest BCUT2D eigenvalue weighted by Gasteiger charge is -2.32. The van der Waals surface area contributed by atoms with Gasteiger partial charge in [0.25, 0.3) is 0 Å². The Balaban J connectivity index is 1.83. The van der Waals surface area contributed by atoms with Gasteiger partial charge in [-0.2, -0.15) is 0 Å². The summed E-state index contributed by atoms with van der Waals surface area (Å²) < 4.78 is 41.7. The summed E-state index contributed by atoms with van der Waals surface area (Å²) in [5.74, 6) is -0.922. The van der Waals surface area contributed by atoms with Crippen molar-refractivity contribution in [2.75, 3.05) is 20.1 Å². The number of rotatable bonds is 14. The van der Waals surface area contributed by atoms with Crippen molar-refractivity contribution in [2.24, 2.45) is 5.92 Å². The number of nitrogens with one attached hydrogen (secondary N) is 1. The molecule has 0 fully saturated rings. The van der Waals surface area contributed by atoms with Crippen LogP contribution >= 0.6 is 0 Å². The zero-order valence-electron chi connectivity index (χ0n) is 23.3. The summed E-state index contributed by atoms with van der Waals surface area (Å²) >= 11 is 0. The van der Waals surface area contributed by atoms with Crippen molar-refractivity contribution < 1.29 is 22.4 Å². The number of nitrogens with zero attached hydrogens (tertiary/aromatic N) is 2. The average molecular weight is 568 g/mol. The predicted octanol–water partition coefficient (Wildman–Crippen LogP) is 4.64. The normalized spacial score (nSPS) is 12.3. The molecule has 214 valence electrons. The Kier molecular flexibility index (Phi) is 11.4. The molecule has 0 aromatic heterocycles. The van der Waals surface area contributed by atoms with Crippen LogP contribution in [0.25, 0.3) is 0 Å². The van der Waals surface area contributed by atoms with Gasteiger partial charge in [0.05, 0.1) is 4.90 Å². The number of sulfonamides is 1. The number of carbonyl (C=O) groups excluding carboxylic acids is 2.